The van der Waals surface area contributed by atoms with Crippen LogP contribution in [0.5, 0.6) is 0 Å². The summed E-state index contributed by atoms with van der Waals surface area (Å²) in [4.78, 5) is 2.46. The summed E-state index contributed by atoms with van der Waals surface area (Å²) in [5.41, 5.74) is 19.8. The molecule has 1 aliphatic rings. The zero-order chi connectivity index (χ0) is 43.9. The Labute approximate surface area is 387 Å². The molecule has 0 aliphatic heterocycles. The summed E-state index contributed by atoms with van der Waals surface area (Å²) in [6.07, 6.45) is 0. The van der Waals surface area contributed by atoms with Crippen molar-refractivity contribution in [2.75, 3.05) is 4.90 Å². The van der Waals surface area contributed by atoms with Crippen LogP contribution in [0, 0.1) is 0 Å². The van der Waals surface area contributed by atoms with Crippen LogP contribution < -0.4 is 4.90 Å². The van der Waals surface area contributed by atoms with Crippen LogP contribution in [0.2, 0.25) is 0 Å². The molecule has 66 heavy (non-hydrogen) atoms. The summed E-state index contributed by atoms with van der Waals surface area (Å²) < 4.78 is 0. The van der Waals surface area contributed by atoms with E-state index in [2.05, 4.69) is 278 Å². The number of fused-ring (bicyclic) bond motifs is 4. The van der Waals surface area contributed by atoms with Gasteiger partial charge in [0.05, 0.1) is 5.41 Å². The Bertz CT molecular complexity index is 3490. The monoisotopic (exact) mass is 839 g/mol. The summed E-state index contributed by atoms with van der Waals surface area (Å²) >= 11 is 0. The van der Waals surface area contributed by atoms with Crippen molar-refractivity contribution in [1.29, 1.82) is 0 Å². The lowest BCUT2D eigenvalue weighted by atomic mass is 9.67. The molecular weight excluding hydrogens is 795 g/mol. The summed E-state index contributed by atoms with van der Waals surface area (Å²) in [7, 11) is 0. The van der Waals surface area contributed by atoms with Gasteiger partial charge in [0.25, 0.3) is 0 Å². The third kappa shape index (κ3) is 6.64. The van der Waals surface area contributed by atoms with E-state index in [1.165, 1.54) is 77.5 Å². The topological polar surface area (TPSA) is 3.24 Å². The van der Waals surface area contributed by atoms with Crippen LogP contribution in [0.3, 0.4) is 0 Å². The first kappa shape index (κ1) is 39.1. The SMILES string of the molecule is c1ccc(-c2ccccc2-c2cccc(N(c3cccc(-c4cccc(-c5cccc6ccccc56)c4)c3)c3ccc4c(c3)C(c3ccccc3)(c3ccccc3)c3ccccc3-4)c2)cc1. The van der Waals surface area contributed by atoms with Crippen LogP contribution >= 0.6 is 0 Å². The van der Waals surface area contributed by atoms with Crippen LogP contribution in [0.25, 0.3) is 66.4 Å². The van der Waals surface area contributed by atoms with E-state index in [1.54, 1.807) is 0 Å². The Morgan fingerprint density at radius 3 is 1.39 bits per heavy atom. The Kier molecular flexibility index (Phi) is 9.81. The average Bonchev–Trinajstić information content (AvgIpc) is 3.70. The first-order valence-electron chi connectivity index (χ1n) is 22.8. The maximum atomic E-state index is 2.47. The molecule has 1 heteroatoms. The standard InChI is InChI=1S/C65H45N/c1-4-20-46(21-5-1)57-35-12-13-36-59(57)51-27-18-33-55(44-51)66(54-32-17-25-49(43-54)48-24-16-26-50(42-48)60-38-19-23-47-22-10-11-34-58(47)60)56-40-41-62-61-37-14-15-39-63(61)65(64(62)45-56,52-28-6-2-7-29-52)53-30-8-3-9-31-53/h1-45H. The molecule has 0 fully saturated rings. The summed E-state index contributed by atoms with van der Waals surface area (Å²) in [5, 5.41) is 2.50. The van der Waals surface area contributed by atoms with Crippen molar-refractivity contribution in [3.05, 3.63) is 295 Å². The highest BCUT2D eigenvalue weighted by Gasteiger charge is 2.46. The van der Waals surface area contributed by atoms with Gasteiger partial charge in [-0.25, -0.2) is 0 Å². The van der Waals surface area contributed by atoms with E-state index in [-0.39, 0.29) is 0 Å². The molecule has 0 spiro atoms. The molecule has 0 N–H and O–H groups in total. The molecule has 310 valence electrons. The van der Waals surface area contributed by atoms with E-state index in [0.29, 0.717) is 0 Å². The normalized spacial score (nSPS) is 12.4. The van der Waals surface area contributed by atoms with Gasteiger partial charge in [0.15, 0.2) is 0 Å². The lowest BCUT2D eigenvalue weighted by Gasteiger charge is -2.35. The van der Waals surface area contributed by atoms with E-state index < -0.39 is 5.41 Å². The van der Waals surface area contributed by atoms with Crippen molar-refractivity contribution in [2.45, 2.75) is 5.41 Å². The first-order valence-corrected chi connectivity index (χ1v) is 22.8. The maximum absolute atomic E-state index is 2.47. The van der Waals surface area contributed by atoms with Crippen LogP contribution in [0.4, 0.5) is 17.1 Å². The maximum Gasteiger partial charge on any atom is 0.0714 e. The van der Waals surface area contributed by atoms with Crippen LogP contribution in [0.15, 0.2) is 273 Å². The van der Waals surface area contributed by atoms with Gasteiger partial charge in [-0.1, -0.05) is 231 Å². The summed E-state index contributed by atoms with van der Waals surface area (Å²) in [6, 6.07) is 100. The van der Waals surface area contributed by atoms with Crippen LogP contribution in [-0.4, -0.2) is 0 Å². The quantitative estimate of drug-likeness (QED) is 0.140. The van der Waals surface area contributed by atoms with Crippen molar-refractivity contribution in [1.82, 2.24) is 0 Å². The second kappa shape index (κ2) is 16.6. The zero-order valence-electron chi connectivity index (χ0n) is 36.4. The number of benzene rings is 11. The Morgan fingerprint density at radius 2 is 0.682 bits per heavy atom. The van der Waals surface area contributed by atoms with Gasteiger partial charge in [-0.05, 0) is 131 Å². The lowest BCUT2D eigenvalue weighted by molar-refractivity contribution is 0.768. The zero-order valence-corrected chi connectivity index (χ0v) is 36.4. The predicted molar refractivity (Wildman–Crippen MR) is 278 cm³/mol. The molecule has 0 amide bonds. The molecule has 11 aromatic carbocycles. The van der Waals surface area contributed by atoms with Gasteiger partial charge < -0.3 is 4.90 Å². The molecule has 1 nitrogen and oxygen atoms in total. The van der Waals surface area contributed by atoms with Crippen molar-refractivity contribution in [3.8, 4) is 55.6 Å². The first-order chi connectivity index (χ1) is 32.7. The Balaban J connectivity index is 1.07. The van der Waals surface area contributed by atoms with E-state index >= 15 is 0 Å². The van der Waals surface area contributed by atoms with Gasteiger partial charge in [-0.2, -0.15) is 0 Å². The van der Waals surface area contributed by atoms with Crippen molar-refractivity contribution < 1.29 is 0 Å². The molecule has 0 bridgehead atoms. The van der Waals surface area contributed by atoms with Crippen LogP contribution in [-0.2, 0) is 5.41 Å². The molecule has 0 radical (unpaired) electrons. The second-order valence-corrected chi connectivity index (χ2v) is 17.2. The third-order valence-electron chi connectivity index (χ3n) is 13.5. The van der Waals surface area contributed by atoms with E-state index in [0.717, 1.165) is 28.2 Å². The van der Waals surface area contributed by atoms with Gasteiger partial charge >= 0.3 is 0 Å². The van der Waals surface area contributed by atoms with E-state index in [1.807, 2.05) is 0 Å². The highest BCUT2D eigenvalue weighted by molar-refractivity contribution is 5.98. The fraction of sp³-hybridized carbons (Fsp3) is 0.0154. The molecule has 0 atom stereocenters. The third-order valence-corrected chi connectivity index (χ3v) is 13.5. The lowest BCUT2D eigenvalue weighted by Crippen LogP contribution is -2.28. The Hall–Kier alpha value is -8.52. The largest absolute Gasteiger partial charge is 0.310 e. The summed E-state index contributed by atoms with van der Waals surface area (Å²) in [5.74, 6) is 0. The number of anilines is 3. The van der Waals surface area contributed by atoms with Gasteiger partial charge in [-0.15, -0.1) is 0 Å². The van der Waals surface area contributed by atoms with E-state index in [4.69, 9.17) is 0 Å². The van der Waals surface area contributed by atoms with E-state index in [9.17, 15) is 0 Å². The molecule has 0 saturated carbocycles. The molecule has 0 unspecified atom stereocenters. The predicted octanol–water partition coefficient (Wildman–Crippen LogP) is 17.3. The number of hydrogen-bond donors (Lipinski definition) is 0. The average molecular weight is 840 g/mol. The van der Waals surface area contributed by atoms with Crippen molar-refractivity contribution >= 4 is 27.8 Å². The van der Waals surface area contributed by atoms with Gasteiger partial charge in [0, 0.05) is 17.1 Å². The van der Waals surface area contributed by atoms with Gasteiger partial charge in [-0.3, -0.25) is 0 Å². The Morgan fingerprint density at radius 1 is 0.242 bits per heavy atom. The number of rotatable bonds is 9. The number of hydrogen-bond acceptors (Lipinski definition) is 1. The van der Waals surface area contributed by atoms with Gasteiger partial charge in [0.2, 0.25) is 0 Å². The fourth-order valence-electron chi connectivity index (χ4n) is 10.6. The second-order valence-electron chi connectivity index (χ2n) is 17.2. The highest BCUT2D eigenvalue weighted by atomic mass is 15.1. The fourth-order valence-corrected chi connectivity index (χ4v) is 10.6. The minimum atomic E-state index is -0.531. The highest BCUT2D eigenvalue weighted by Crippen LogP contribution is 2.57. The van der Waals surface area contributed by atoms with Crippen molar-refractivity contribution in [3.63, 3.8) is 0 Å². The number of nitrogens with zero attached hydrogens (tertiary/aromatic N) is 1. The molecular formula is C65H45N. The molecule has 1 aliphatic carbocycles. The molecule has 12 rings (SSSR count). The molecule has 0 aromatic heterocycles. The van der Waals surface area contributed by atoms with Crippen LogP contribution in [0.1, 0.15) is 22.3 Å². The minimum absolute atomic E-state index is 0.531. The molecule has 0 heterocycles. The van der Waals surface area contributed by atoms with Gasteiger partial charge in [0.1, 0.15) is 0 Å². The van der Waals surface area contributed by atoms with Crippen molar-refractivity contribution in [2.24, 2.45) is 0 Å². The smallest absolute Gasteiger partial charge is 0.0714 e. The molecule has 11 aromatic rings. The summed E-state index contributed by atoms with van der Waals surface area (Å²) in [6.45, 7) is 0. The minimum Gasteiger partial charge on any atom is -0.310 e. The molecule has 0 saturated heterocycles.